The minimum Gasteiger partial charge on any atom is -0.342 e. The highest BCUT2D eigenvalue weighted by molar-refractivity contribution is 6.31. The maximum Gasteiger partial charge on any atom is 0.272 e. The number of nitro benzene ring substituents is 1. The van der Waals surface area contributed by atoms with Crippen molar-refractivity contribution < 1.29 is 4.92 Å². The Morgan fingerprint density at radius 1 is 1.19 bits per heavy atom. The third-order valence-electron chi connectivity index (χ3n) is 3.31. The number of benzene rings is 2. The number of halogens is 1. The molecule has 1 aromatic heterocycles. The van der Waals surface area contributed by atoms with Crippen molar-refractivity contribution in [1.29, 1.82) is 0 Å². The van der Waals surface area contributed by atoms with Crippen molar-refractivity contribution in [3.8, 4) is 0 Å². The Labute approximate surface area is 125 Å². The molecule has 0 atom stereocenters. The third-order valence-corrected chi connectivity index (χ3v) is 3.55. The van der Waals surface area contributed by atoms with Gasteiger partial charge >= 0.3 is 0 Å². The molecule has 0 bridgehead atoms. The van der Waals surface area contributed by atoms with Gasteiger partial charge in [-0.25, -0.2) is 4.98 Å². The number of para-hydroxylation sites is 1. The summed E-state index contributed by atoms with van der Waals surface area (Å²) in [5.41, 5.74) is 2.58. The summed E-state index contributed by atoms with van der Waals surface area (Å²) in [7, 11) is 0. The van der Waals surface area contributed by atoms with E-state index in [0.29, 0.717) is 23.4 Å². The lowest BCUT2D eigenvalue weighted by atomic mass is 10.1. The number of fused-ring (bicyclic) bond motifs is 1. The molecule has 0 saturated carbocycles. The Morgan fingerprint density at radius 2 is 2.00 bits per heavy atom. The van der Waals surface area contributed by atoms with Gasteiger partial charge in [0, 0.05) is 23.1 Å². The highest BCUT2D eigenvalue weighted by Crippen LogP contribution is 2.21. The van der Waals surface area contributed by atoms with Crippen LogP contribution < -0.4 is 0 Å². The zero-order valence-electron chi connectivity index (χ0n) is 11.0. The number of nitrogens with one attached hydrogen (secondary N) is 1. The number of aromatic nitrogens is 2. The summed E-state index contributed by atoms with van der Waals surface area (Å²) in [6, 6.07) is 12.2. The van der Waals surface area contributed by atoms with Crippen LogP contribution in [0.15, 0.2) is 42.5 Å². The van der Waals surface area contributed by atoms with Crippen molar-refractivity contribution in [2.45, 2.75) is 12.8 Å². The first kappa shape index (κ1) is 13.6. The number of H-pyrrole nitrogens is 1. The Hall–Kier alpha value is -2.40. The zero-order chi connectivity index (χ0) is 14.8. The summed E-state index contributed by atoms with van der Waals surface area (Å²) in [4.78, 5) is 18.3. The summed E-state index contributed by atoms with van der Waals surface area (Å²) in [6.45, 7) is 0. The molecule has 0 unspecified atom stereocenters. The van der Waals surface area contributed by atoms with E-state index in [2.05, 4.69) is 9.97 Å². The van der Waals surface area contributed by atoms with Crippen molar-refractivity contribution in [1.82, 2.24) is 9.97 Å². The number of nitro groups is 1. The first-order chi connectivity index (χ1) is 10.1. The topological polar surface area (TPSA) is 71.8 Å². The van der Waals surface area contributed by atoms with Gasteiger partial charge in [0.15, 0.2) is 0 Å². The SMILES string of the molecule is O=[N+]([O-])c1ccccc1CCc1nc2ccc(Cl)cc2[nH]1. The number of hydrogen-bond acceptors (Lipinski definition) is 3. The molecule has 0 fully saturated rings. The fraction of sp³-hybridized carbons (Fsp3) is 0.133. The Kier molecular flexibility index (Phi) is 3.58. The van der Waals surface area contributed by atoms with Crippen LogP contribution in [0.25, 0.3) is 11.0 Å². The van der Waals surface area contributed by atoms with E-state index in [1.165, 1.54) is 6.07 Å². The summed E-state index contributed by atoms with van der Waals surface area (Å²) in [6.07, 6.45) is 1.17. The van der Waals surface area contributed by atoms with Crippen LogP contribution in [0.4, 0.5) is 5.69 Å². The Balaban J connectivity index is 1.82. The molecule has 0 spiro atoms. The van der Waals surface area contributed by atoms with Crippen LogP contribution in [0.1, 0.15) is 11.4 Å². The lowest BCUT2D eigenvalue weighted by molar-refractivity contribution is -0.385. The molecule has 3 rings (SSSR count). The van der Waals surface area contributed by atoms with Gasteiger partial charge in [-0.1, -0.05) is 29.8 Å². The second-order valence-electron chi connectivity index (χ2n) is 4.73. The van der Waals surface area contributed by atoms with Crippen LogP contribution >= 0.6 is 11.6 Å². The summed E-state index contributed by atoms with van der Waals surface area (Å²) >= 11 is 5.93. The van der Waals surface area contributed by atoms with Gasteiger partial charge < -0.3 is 4.98 Å². The molecular formula is C15H12ClN3O2. The van der Waals surface area contributed by atoms with Gasteiger partial charge in [-0.2, -0.15) is 0 Å². The van der Waals surface area contributed by atoms with E-state index >= 15 is 0 Å². The van der Waals surface area contributed by atoms with Crippen molar-refractivity contribution in [2.75, 3.05) is 0 Å². The molecule has 1 N–H and O–H groups in total. The monoisotopic (exact) mass is 301 g/mol. The fourth-order valence-corrected chi connectivity index (χ4v) is 2.48. The van der Waals surface area contributed by atoms with Crippen LogP contribution in [0.5, 0.6) is 0 Å². The normalized spacial score (nSPS) is 10.9. The first-order valence-corrected chi connectivity index (χ1v) is 6.88. The second-order valence-corrected chi connectivity index (χ2v) is 5.17. The molecule has 0 amide bonds. The quantitative estimate of drug-likeness (QED) is 0.586. The standard InChI is InChI=1S/C15H12ClN3O2/c16-11-6-7-12-13(9-11)18-15(17-12)8-5-10-3-1-2-4-14(10)19(20)21/h1-4,6-7,9H,5,8H2,(H,17,18). The molecule has 0 aliphatic heterocycles. The zero-order valence-corrected chi connectivity index (χ0v) is 11.8. The van der Waals surface area contributed by atoms with Crippen molar-refractivity contribution in [2.24, 2.45) is 0 Å². The molecule has 0 saturated heterocycles. The van der Waals surface area contributed by atoms with Gasteiger partial charge in [0.05, 0.1) is 16.0 Å². The molecule has 3 aromatic rings. The van der Waals surface area contributed by atoms with E-state index in [9.17, 15) is 10.1 Å². The molecule has 6 heteroatoms. The van der Waals surface area contributed by atoms with Crippen molar-refractivity contribution in [3.05, 3.63) is 69.0 Å². The lowest BCUT2D eigenvalue weighted by Gasteiger charge is -2.01. The predicted octanol–water partition coefficient (Wildman–Crippen LogP) is 3.91. The summed E-state index contributed by atoms with van der Waals surface area (Å²) in [5.74, 6) is 0.797. The molecular weight excluding hydrogens is 290 g/mol. The molecule has 21 heavy (non-hydrogen) atoms. The lowest BCUT2D eigenvalue weighted by Crippen LogP contribution is -1.98. The van der Waals surface area contributed by atoms with Gasteiger partial charge in [0.2, 0.25) is 0 Å². The summed E-state index contributed by atoms with van der Waals surface area (Å²) < 4.78 is 0. The maximum absolute atomic E-state index is 11.0. The van der Waals surface area contributed by atoms with Gasteiger partial charge in [0.25, 0.3) is 5.69 Å². The first-order valence-electron chi connectivity index (χ1n) is 6.50. The number of aromatic amines is 1. The summed E-state index contributed by atoms with van der Waals surface area (Å²) in [5, 5.41) is 11.6. The number of aryl methyl sites for hydroxylation is 2. The molecule has 5 nitrogen and oxygen atoms in total. The molecule has 106 valence electrons. The van der Waals surface area contributed by atoms with Gasteiger partial charge in [-0.3, -0.25) is 10.1 Å². The van der Waals surface area contributed by atoms with Crippen LogP contribution in [0.3, 0.4) is 0 Å². The molecule has 0 radical (unpaired) electrons. The number of imidazole rings is 1. The van der Waals surface area contributed by atoms with Gasteiger partial charge in [0.1, 0.15) is 5.82 Å². The van der Waals surface area contributed by atoms with Crippen molar-refractivity contribution >= 4 is 28.3 Å². The van der Waals surface area contributed by atoms with E-state index in [4.69, 9.17) is 11.6 Å². The third kappa shape index (κ3) is 2.87. The van der Waals surface area contributed by atoms with E-state index in [0.717, 1.165) is 16.9 Å². The Morgan fingerprint density at radius 3 is 2.81 bits per heavy atom. The molecule has 0 aliphatic rings. The van der Waals surface area contributed by atoms with Crippen LogP contribution in [-0.4, -0.2) is 14.9 Å². The second kappa shape index (κ2) is 5.54. The fourth-order valence-electron chi connectivity index (χ4n) is 2.31. The molecule has 0 aliphatic carbocycles. The van der Waals surface area contributed by atoms with E-state index in [-0.39, 0.29) is 10.6 Å². The highest BCUT2D eigenvalue weighted by Gasteiger charge is 2.13. The van der Waals surface area contributed by atoms with E-state index in [1.807, 2.05) is 12.1 Å². The number of hydrogen-bond donors (Lipinski definition) is 1. The highest BCUT2D eigenvalue weighted by atomic mass is 35.5. The number of nitrogens with zero attached hydrogens (tertiary/aromatic N) is 2. The Bertz CT molecular complexity index is 814. The van der Waals surface area contributed by atoms with E-state index < -0.39 is 0 Å². The van der Waals surface area contributed by atoms with Crippen LogP contribution in [-0.2, 0) is 12.8 Å². The van der Waals surface area contributed by atoms with E-state index in [1.54, 1.807) is 24.3 Å². The molecule has 1 heterocycles. The van der Waals surface area contributed by atoms with Crippen molar-refractivity contribution in [3.63, 3.8) is 0 Å². The van der Waals surface area contributed by atoms with Crippen LogP contribution in [0.2, 0.25) is 5.02 Å². The van der Waals surface area contributed by atoms with Crippen LogP contribution in [0, 0.1) is 10.1 Å². The largest absolute Gasteiger partial charge is 0.342 e. The maximum atomic E-state index is 11.0. The average Bonchev–Trinajstić information content (AvgIpc) is 2.87. The van der Waals surface area contributed by atoms with Gasteiger partial charge in [-0.05, 0) is 24.6 Å². The number of rotatable bonds is 4. The molecule has 2 aromatic carbocycles. The predicted molar refractivity (Wildman–Crippen MR) is 81.6 cm³/mol. The minimum atomic E-state index is -0.353. The smallest absolute Gasteiger partial charge is 0.272 e. The van der Waals surface area contributed by atoms with Gasteiger partial charge in [-0.15, -0.1) is 0 Å². The average molecular weight is 302 g/mol. The minimum absolute atomic E-state index is 0.150.